The van der Waals surface area contributed by atoms with Gasteiger partial charge in [-0.2, -0.15) is 4.98 Å². The Balaban J connectivity index is 2.10. The zero-order chi connectivity index (χ0) is 27.4. The quantitative estimate of drug-likeness (QED) is 0.719. The maximum atomic E-state index is 13.2. The van der Waals surface area contributed by atoms with Gasteiger partial charge in [-0.1, -0.05) is 0 Å². The molecule has 0 aliphatic rings. The van der Waals surface area contributed by atoms with Gasteiger partial charge in [-0.05, 0) is 19.0 Å². The Bertz CT molecular complexity index is 1290. The fraction of sp³-hybridized carbons (Fsp3) is 0.250. The number of pyridine rings is 1. The first-order valence-electron chi connectivity index (χ1n) is 12.5. The molecule has 2 aromatic heterocycles. The molecule has 1 aromatic carbocycles. The van der Waals surface area contributed by atoms with E-state index in [1.54, 1.807) is 0 Å². The Morgan fingerprint density at radius 2 is 2.35 bits per heavy atom. The number of H-pyrrole nitrogens is 1. The van der Waals surface area contributed by atoms with Crippen LogP contribution in [0.4, 0.5) is 0 Å². The van der Waals surface area contributed by atoms with E-state index in [1.165, 1.54) is 18.2 Å². The van der Waals surface area contributed by atoms with Gasteiger partial charge in [0.25, 0.3) is 0 Å². The zero-order valence-electron chi connectivity index (χ0n) is 24.3. The number of aromatic nitrogens is 3. The number of nitrogens with zero attached hydrogens (tertiary/aromatic N) is 2. The molecule has 0 fully saturated rings. The third-order valence-corrected chi connectivity index (χ3v) is 3.68. The Labute approximate surface area is 155 Å². The van der Waals surface area contributed by atoms with Crippen LogP contribution in [0.25, 0.3) is 11.0 Å². The van der Waals surface area contributed by atoms with E-state index in [9.17, 15) is 4.55 Å². The Hall–Kier alpha value is -2.25. The maximum Gasteiger partial charge on any atom is 0.322 e. The lowest BCUT2D eigenvalue weighted by atomic mass is 10.2. The van der Waals surface area contributed by atoms with Crippen molar-refractivity contribution >= 4 is 22.2 Å². The first-order chi connectivity index (χ1) is 16.2. The number of ether oxygens (including phenoxy) is 2. The van der Waals surface area contributed by atoms with E-state index in [2.05, 4.69) is 19.7 Å². The molecule has 0 aliphatic heterocycles. The first-order valence-corrected chi connectivity index (χ1v) is 7.17. The molecule has 0 saturated carbocycles. The summed E-state index contributed by atoms with van der Waals surface area (Å²) >= 11 is -2.77. The lowest BCUT2D eigenvalue weighted by molar-refractivity contribution is 0.410. The summed E-state index contributed by atoms with van der Waals surface area (Å²) in [4.78, 5) is 10.1. The number of fused-ring (bicyclic) bond motifs is 1. The molecule has 3 rings (SSSR count). The number of imidazole rings is 1. The standard InChI is InChI=1S/C16H17N3O3S/c1-10-8-17-11(6-15(10)22-3)9-23(20)16-18-13-5-4-12(21-2)7-14(13)19-16/h4-8H,9H2,1-3H3,(H,18,19)/i1D3,2D3,3D3,6D,8D,9D2. The molecule has 0 bridgehead atoms. The summed E-state index contributed by atoms with van der Waals surface area (Å²) in [5.74, 6) is -1.19. The van der Waals surface area contributed by atoms with Crippen molar-refractivity contribution in [2.24, 2.45) is 0 Å². The van der Waals surface area contributed by atoms with E-state index in [0.717, 1.165) is 0 Å². The number of hydrogen-bond acceptors (Lipinski definition) is 5. The van der Waals surface area contributed by atoms with Gasteiger partial charge < -0.3 is 14.0 Å². The molecule has 0 aliphatic carbocycles. The van der Waals surface area contributed by atoms with Crippen LogP contribution in [0.5, 0.6) is 11.5 Å². The van der Waals surface area contributed by atoms with Crippen LogP contribution < -0.4 is 9.47 Å². The molecule has 2 heterocycles. The fourth-order valence-corrected chi connectivity index (χ4v) is 2.49. The molecule has 3 aromatic rings. The fourth-order valence-electron chi connectivity index (χ4n) is 1.74. The number of methoxy groups -OCH3 is 2. The van der Waals surface area contributed by atoms with E-state index >= 15 is 0 Å². The minimum Gasteiger partial charge on any atom is -0.609 e. The van der Waals surface area contributed by atoms with Crippen molar-refractivity contribution in [3.63, 3.8) is 0 Å². The minimum absolute atomic E-state index is 0.0767. The van der Waals surface area contributed by atoms with Crippen molar-refractivity contribution in [3.8, 4) is 11.5 Å². The normalized spacial score (nSPS) is 22.9. The Morgan fingerprint density at radius 1 is 1.43 bits per heavy atom. The first kappa shape index (κ1) is 6.33. The molecule has 7 heteroatoms. The molecule has 0 amide bonds. The highest BCUT2D eigenvalue weighted by Gasteiger charge is 2.19. The minimum atomic E-state index is -3.25. The van der Waals surface area contributed by atoms with Crippen LogP contribution in [0.1, 0.15) is 29.1 Å². The second-order valence-electron chi connectivity index (χ2n) is 4.20. The highest BCUT2D eigenvalue weighted by atomic mass is 32.2. The van der Waals surface area contributed by atoms with Gasteiger partial charge in [0.2, 0.25) is 0 Å². The lowest BCUT2D eigenvalue weighted by Crippen LogP contribution is -2.08. The topological polar surface area (TPSA) is 83.1 Å². The highest BCUT2D eigenvalue weighted by molar-refractivity contribution is 7.90. The summed E-state index contributed by atoms with van der Waals surface area (Å²) in [5, 5.41) is -0.466. The second kappa shape index (κ2) is 6.47. The van der Waals surface area contributed by atoms with Crippen molar-refractivity contribution in [2.75, 3.05) is 14.1 Å². The molecule has 23 heavy (non-hydrogen) atoms. The molecule has 120 valence electrons. The van der Waals surface area contributed by atoms with Gasteiger partial charge >= 0.3 is 5.16 Å². The molecule has 6 nitrogen and oxygen atoms in total. The number of hydrogen-bond donors (Lipinski definition) is 1. The number of nitrogens with one attached hydrogen (secondary N) is 1. The predicted octanol–water partition coefficient (Wildman–Crippen LogP) is 2.59. The second-order valence-corrected chi connectivity index (χ2v) is 5.33. The molecule has 1 N–H and O–H groups in total. The van der Waals surface area contributed by atoms with Gasteiger partial charge in [0.05, 0.1) is 44.5 Å². The zero-order valence-corrected chi connectivity index (χ0v) is 12.1. The number of aromatic amines is 1. The van der Waals surface area contributed by atoms with E-state index in [-0.39, 0.29) is 16.8 Å². The number of rotatable bonds is 5. The summed E-state index contributed by atoms with van der Waals surface area (Å²) in [6, 6.07) is 2.72. The smallest absolute Gasteiger partial charge is 0.322 e. The van der Waals surface area contributed by atoms with Gasteiger partial charge in [-0.25, -0.2) is 0 Å². The highest BCUT2D eigenvalue weighted by Crippen LogP contribution is 2.23. The van der Waals surface area contributed by atoms with Gasteiger partial charge in [0.15, 0.2) is 5.70 Å². The summed E-state index contributed by atoms with van der Waals surface area (Å²) in [6.07, 6.45) is -1.09. The molecular weight excluding hydrogens is 314 g/mol. The van der Waals surface area contributed by atoms with Crippen LogP contribution in [0, 0.1) is 6.85 Å². The van der Waals surface area contributed by atoms with E-state index in [0.29, 0.717) is 0 Å². The third-order valence-electron chi connectivity index (χ3n) is 2.76. The van der Waals surface area contributed by atoms with E-state index in [4.69, 9.17) is 22.6 Å². The van der Waals surface area contributed by atoms with Gasteiger partial charge in [-0.3, -0.25) is 9.97 Å². The maximum absolute atomic E-state index is 13.2. The van der Waals surface area contributed by atoms with Crippen molar-refractivity contribution in [1.29, 1.82) is 0 Å². The largest absolute Gasteiger partial charge is 0.609 e. The van der Waals surface area contributed by atoms with Crippen LogP contribution in [-0.2, 0) is 16.9 Å². The Kier molecular flexibility index (Phi) is 1.78. The van der Waals surface area contributed by atoms with Crippen LogP contribution >= 0.6 is 0 Å². The van der Waals surface area contributed by atoms with Crippen LogP contribution in [-0.4, -0.2) is 33.6 Å². The Morgan fingerprint density at radius 3 is 3.17 bits per heavy atom. The van der Waals surface area contributed by atoms with Gasteiger partial charge in [-0.15, -0.1) is 0 Å². The van der Waals surface area contributed by atoms with Crippen LogP contribution in [0.3, 0.4) is 0 Å². The molecule has 1 unspecified atom stereocenters. The van der Waals surface area contributed by atoms with E-state index in [1.807, 2.05) is 0 Å². The van der Waals surface area contributed by atoms with Crippen LogP contribution in [0.2, 0.25) is 0 Å². The number of benzene rings is 1. The molecule has 0 spiro atoms. The SMILES string of the molecule is [2H]c1nc(C([2H])([2H])[S+]([O-])c2nc3ccc(OC([2H])([2H])[2H])cc3[nH]2)c([2H])c(OC([2H])([2H])[2H])c1C([2H])([2H])[2H]. The average Bonchev–Trinajstić information content (AvgIpc) is 3.09. The lowest BCUT2D eigenvalue weighted by Gasteiger charge is -2.09. The van der Waals surface area contributed by atoms with Crippen molar-refractivity contribution in [2.45, 2.75) is 17.7 Å². The summed E-state index contributed by atoms with van der Waals surface area (Å²) < 4.78 is 121. The summed E-state index contributed by atoms with van der Waals surface area (Å²) in [6.45, 7) is -3.13. The van der Waals surface area contributed by atoms with Gasteiger partial charge in [0.1, 0.15) is 11.5 Å². The average molecular weight is 344 g/mol. The molecule has 0 saturated heterocycles. The van der Waals surface area contributed by atoms with E-state index < -0.39 is 72.2 Å². The van der Waals surface area contributed by atoms with Crippen molar-refractivity contribution in [3.05, 3.63) is 41.7 Å². The van der Waals surface area contributed by atoms with Crippen LogP contribution in [0.15, 0.2) is 35.6 Å². The third kappa shape index (κ3) is 3.25. The predicted molar refractivity (Wildman–Crippen MR) is 88.3 cm³/mol. The van der Waals surface area contributed by atoms with Gasteiger partial charge in [0, 0.05) is 39.1 Å². The van der Waals surface area contributed by atoms with Crippen molar-refractivity contribution in [1.82, 2.24) is 15.0 Å². The molecule has 1 atom stereocenters. The summed E-state index contributed by atoms with van der Waals surface area (Å²) in [7, 11) is -5.99. The monoisotopic (exact) mass is 344 g/mol. The van der Waals surface area contributed by atoms with Crippen molar-refractivity contribution < 1.29 is 31.8 Å². The molecule has 0 radical (unpaired) electrons. The molecular formula is C16H17N3O3S. The summed E-state index contributed by atoms with van der Waals surface area (Å²) in [5.41, 5.74) is -4.81.